The molecule has 0 unspecified atom stereocenters. The predicted molar refractivity (Wildman–Crippen MR) is 292 cm³/mol. The van der Waals surface area contributed by atoms with Crippen molar-refractivity contribution in [3.8, 4) is 22.6 Å². The molecule has 9 amide bonds. The molecule has 2 aromatic carbocycles. The Balaban J connectivity index is 1.72. The predicted octanol–water partition coefficient (Wildman–Crippen LogP) is 3.42. The van der Waals surface area contributed by atoms with E-state index >= 15 is 4.79 Å². The summed E-state index contributed by atoms with van der Waals surface area (Å²) in [5.74, 6) is -4.68. The Bertz CT molecular complexity index is 2550. The smallest absolute Gasteiger partial charge is 0.408 e. The number of amides is 9. The molecule has 25 nitrogen and oxygen atoms in total. The fourth-order valence-electron chi connectivity index (χ4n) is 8.44. The van der Waals surface area contributed by atoms with Crippen molar-refractivity contribution < 1.29 is 77.4 Å². The van der Waals surface area contributed by atoms with Gasteiger partial charge in [0.05, 0.1) is 6.10 Å². The summed E-state index contributed by atoms with van der Waals surface area (Å²) in [5, 5.41) is 54.5. The molecule has 2 aliphatic heterocycles. The molecule has 11 N–H and O–H groups in total. The lowest BCUT2D eigenvalue weighted by Gasteiger charge is -2.31. The number of aliphatic hydroxyl groups is 1. The molecule has 25 heteroatoms. The SMILES string of the molecule is CC(C)(C)OC(=O)NCCC[C@H](NC(=O)[C@@H]1CCCN1C(=O)[C@@H]1Cc2cc(ccc2O)-c2ccc(O)c(c2)C[C@H](NC(=O)OC(C)(C)C)C(=O)N[C@@H](C[C@@H](O)CNC(=O)OC(C)(C)C)C(=O)N1)C(=O)NCCNC(=O)OC(C)(C)C. The molecule has 4 rings (SSSR count). The van der Waals surface area contributed by atoms with Crippen LogP contribution in [0.25, 0.3) is 11.1 Å². The van der Waals surface area contributed by atoms with Crippen molar-refractivity contribution in [3.05, 3.63) is 47.5 Å². The van der Waals surface area contributed by atoms with Gasteiger partial charge in [0, 0.05) is 52.0 Å². The van der Waals surface area contributed by atoms with Crippen LogP contribution in [0.4, 0.5) is 19.2 Å². The summed E-state index contributed by atoms with van der Waals surface area (Å²) in [4.78, 5) is 124. The number of aliphatic hydroxyl groups excluding tert-OH is 1. The quantitative estimate of drug-likeness (QED) is 0.0847. The summed E-state index contributed by atoms with van der Waals surface area (Å²) in [7, 11) is 0. The molecular formula is C55H83N9O16. The molecule has 0 aromatic heterocycles. The Morgan fingerprint density at radius 2 is 1.15 bits per heavy atom. The van der Waals surface area contributed by atoms with Gasteiger partial charge in [-0.15, -0.1) is 0 Å². The number of fused-ring (bicyclic) bond motifs is 5. The van der Waals surface area contributed by atoms with Gasteiger partial charge in [0.1, 0.15) is 64.1 Å². The Morgan fingerprint density at radius 3 is 1.70 bits per heavy atom. The second-order valence-electron chi connectivity index (χ2n) is 23.7. The highest BCUT2D eigenvalue weighted by Gasteiger charge is 2.41. The number of likely N-dealkylation sites (tertiary alicyclic amines) is 1. The van der Waals surface area contributed by atoms with Gasteiger partial charge < -0.3 is 81.7 Å². The number of hydrogen-bond donors (Lipinski definition) is 11. The topological polar surface area (TPSA) is 351 Å². The molecule has 1 saturated heterocycles. The summed E-state index contributed by atoms with van der Waals surface area (Å²) in [6.07, 6.45) is -5.54. The fourth-order valence-corrected chi connectivity index (χ4v) is 8.44. The minimum Gasteiger partial charge on any atom is -0.508 e. The van der Waals surface area contributed by atoms with Crippen LogP contribution in [0, 0.1) is 0 Å². The number of hydrogen-bond acceptors (Lipinski definition) is 16. The summed E-state index contributed by atoms with van der Waals surface area (Å²) >= 11 is 0. The minimum atomic E-state index is -1.71. The van der Waals surface area contributed by atoms with E-state index in [1.54, 1.807) is 107 Å². The van der Waals surface area contributed by atoms with Crippen LogP contribution in [-0.4, -0.2) is 166 Å². The van der Waals surface area contributed by atoms with Gasteiger partial charge in [-0.1, -0.05) is 12.1 Å². The van der Waals surface area contributed by atoms with Crippen molar-refractivity contribution in [1.82, 2.24) is 47.4 Å². The van der Waals surface area contributed by atoms with Crippen LogP contribution in [0.5, 0.6) is 11.5 Å². The Labute approximate surface area is 467 Å². The Morgan fingerprint density at radius 1 is 0.650 bits per heavy atom. The lowest BCUT2D eigenvalue weighted by molar-refractivity contribution is -0.142. The molecule has 4 bridgehead atoms. The van der Waals surface area contributed by atoms with Gasteiger partial charge in [-0.25, -0.2) is 19.2 Å². The van der Waals surface area contributed by atoms with E-state index in [0.717, 1.165) is 0 Å². The number of phenols is 2. The van der Waals surface area contributed by atoms with Crippen LogP contribution in [-0.2, 0) is 55.8 Å². The third kappa shape index (κ3) is 22.3. The van der Waals surface area contributed by atoms with Gasteiger partial charge in [-0.05, 0) is 155 Å². The molecule has 80 heavy (non-hydrogen) atoms. The largest absolute Gasteiger partial charge is 0.508 e. The van der Waals surface area contributed by atoms with E-state index in [1.165, 1.54) is 17.0 Å². The molecule has 444 valence electrons. The lowest BCUT2D eigenvalue weighted by Crippen LogP contribution is -2.60. The van der Waals surface area contributed by atoms with E-state index in [9.17, 15) is 53.7 Å². The van der Waals surface area contributed by atoms with E-state index in [1.807, 2.05) is 0 Å². The third-order valence-corrected chi connectivity index (χ3v) is 11.9. The molecule has 2 aliphatic rings. The fraction of sp³-hybridized carbons (Fsp3) is 0.618. The van der Waals surface area contributed by atoms with Crippen LogP contribution in [0.1, 0.15) is 126 Å². The van der Waals surface area contributed by atoms with E-state index < -0.39 is 126 Å². The second-order valence-corrected chi connectivity index (χ2v) is 23.7. The van der Waals surface area contributed by atoms with Gasteiger partial charge in [0.2, 0.25) is 29.5 Å². The molecule has 0 aliphatic carbocycles. The van der Waals surface area contributed by atoms with Gasteiger partial charge in [-0.3, -0.25) is 24.0 Å². The molecule has 1 fully saturated rings. The maximum atomic E-state index is 15.1. The standard InChI is InChI=1S/C55H83N9O16/c1-52(2,3)77-48(73)57-21-13-15-36(43(68)56-22-23-58-49(74)78-53(4,5)6)60-46(71)40-16-14-24-64(40)47(72)39-28-34-26-32(18-20-42(34)67)31-17-19-41(66)33(25-31)27-37(63-51(76)80-55(10,11)12)44(69)61-38(45(70)62-39)29-35(65)30-59-50(75)79-54(7,8)9/h17-20,25-26,35-40,65-67H,13-16,21-24,27-30H2,1-12H3,(H,56,68)(H,57,73)(H,58,74)(H,59,75)(H,60,71)(H,61,69)(H,62,70)(H,63,76)/t35-,36+,37+,38+,39+,40+/m1/s1. The summed E-state index contributed by atoms with van der Waals surface area (Å²) in [5.41, 5.74) is -2.13. The highest BCUT2D eigenvalue weighted by Crippen LogP contribution is 2.32. The van der Waals surface area contributed by atoms with Crippen molar-refractivity contribution >= 4 is 53.9 Å². The highest BCUT2D eigenvalue weighted by atomic mass is 16.6. The first-order valence-corrected chi connectivity index (χ1v) is 26.8. The third-order valence-electron chi connectivity index (χ3n) is 11.9. The van der Waals surface area contributed by atoms with Crippen molar-refractivity contribution in [2.45, 2.75) is 187 Å². The number of carbonyl (C=O) groups is 9. The maximum Gasteiger partial charge on any atom is 0.408 e. The highest BCUT2D eigenvalue weighted by molar-refractivity contribution is 5.97. The molecule has 6 atom stereocenters. The molecule has 0 saturated carbocycles. The van der Waals surface area contributed by atoms with E-state index in [2.05, 4.69) is 42.5 Å². The second kappa shape index (κ2) is 28.0. The number of nitrogens with one attached hydrogen (secondary N) is 8. The van der Waals surface area contributed by atoms with Crippen LogP contribution in [0.3, 0.4) is 0 Å². The lowest BCUT2D eigenvalue weighted by atomic mass is 9.95. The number of phenolic OH excluding ortho intramolecular Hbond substituents is 2. The van der Waals surface area contributed by atoms with Gasteiger partial charge in [-0.2, -0.15) is 0 Å². The number of ether oxygens (including phenoxy) is 4. The van der Waals surface area contributed by atoms with Crippen LogP contribution in [0.2, 0.25) is 0 Å². The van der Waals surface area contributed by atoms with Crippen molar-refractivity contribution in [1.29, 1.82) is 0 Å². The molecule has 0 radical (unpaired) electrons. The maximum absolute atomic E-state index is 15.1. The number of aromatic hydroxyl groups is 2. The van der Waals surface area contributed by atoms with E-state index in [0.29, 0.717) is 17.5 Å². The van der Waals surface area contributed by atoms with E-state index in [4.69, 9.17) is 18.9 Å². The Kier molecular flexibility index (Phi) is 22.8. The molecule has 0 spiro atoms. The zero-order chi connectivity index (χ0) is 59.9. The van der Waals surface area contributed by atoms with Gasteiger partial charge in [0.25, 0.3) is 0 Å². The van der Waals surface area contributed by atoms with Crippen LogP contribution >= 0.6 is 0 Å². The van der Waals surface area contributed by atoms with Crippen molar-refractivity contribution in [2.75, 3.05) is 32.7 Å². The molecule has 2 aromatic rings. The summed E-state index contributed by atoms with van der Waals surface area (Å²) in [6.45, 7) is 19.4. The summed E-state index contributed by atoms with van der Waals surface area (Å²) in [6, 6.07) is 1.81. The van der Waals surface area contributed by atoms with Crippen molar-refractivity contribution in [3.63, 3.8) is 0 Å². The average Bonchev–Trinajstić information content (AvgIpc) is 3.81. The summed E-state index contributed by atoms with van der Waals surface area (Å²) < 4.78 is 21.3. The zero-order valence-electron chi connectivity index (χ0n) is 48.0. The van der Waals surface area contributed by atoms with Gasteiger partial charge >= 0.3 is 24.4 Å². The van der Waals surface area contributed by atoms with Crippen molar-refractivity contribution in [2.24, 2.45) is 0 Å². The monoisotopic (exact) mass is 1130 g/mol. The zero-order valence-corrected chi connectivity index (χ0v) is 48.0. The average molecular weight is 1130 g/mol. The Hall–Kier alpha value is -7.57. The van der Waals surface area contributed by atoms with E-state index in [-0.39, 0.29) is 80.9 Å². The minimum absolute atomic E-state index is 0.00472. The molecule has 2 heterocycles. The van der Waals surface area contributed by atoms with Gasteiger partial charge in [0.15, 0.2) is 0 Å². The van der Waals surface area contributed by atoms with Crippen LogP contribution < -0.4 is 42.5 Å². The number of benzene rings is 2. The first-order chi connectivity index (χ1) is 37.1. The molecular weight excluding hydrogens is 1040 g/mol. The number of alkyl carbamates (subject to hydrolysis) is 4. The first kappa shape index (κ1) is 65.0. The normalized spacial score (nSPS) is 18.7. The first-order valence-electron chi connectivity index (χ1n) is 26.8. The van der Waals surface area contributed by atoms with Crippen LogP contribution in [0.15, 0.2) is 36.4 Å². The number of carbonyl (C=O) groups excluding carboxylic acids is 9. The number of rotatable bonds is 16. The number of nitrogens with zero attached hydrogens (tertiary/aromatic N) is 1.